The molecule has 1 aromatic heterocycles. The molecule has 0 bridgehead atoms. The number of pyridine rings is 1. The Hall–Kier alpha value is -3.19. The van der Waals surface area contributed by atoms with E-state index in [1.165, 1.54) is 16.7 Å². The van der Waals surface area contributed by atoms with Gasteiger partial charge >= 0.3 is 0 Å². The minimum atomic E-state index is -0.367. The molecule has 0 fully saturated rings. The number of benzene rings is 2. The van der Waals surface area contributed by atoms with Crippen molar-refractivity contribution in [3.8, 4) is 28.5 Å². The molecule has 0 aliphatic carbocycles. The van der Waals surface area contributed by atoms with Gasteiger partial charge < -0.3 is 4.57 Å². The van der Waals surface area contributed by atoms with Crippen LogP contribution < -0.4 is 5.56 Å². The summed E-state index contributed by atoms with van der Waals surface area (Å²) in [6.45, 7) is 0. The van der Waals surface area contributed by atoms with Crippen molar-refractivity contribution in [1.82, 2.24) is 4.57 Å². The van der Waals surface area contributed by atoms with Gasteiger partial charge in [-0.05, 0) is 41.5 Å². The van der Waals surface area contributed by atoms with Crippen molar-refractivity contribution in [3.05, 3.63) is 82.4 Å². The SMILES string of the molecule is Cn1c(-c2ccc(F)cc2)cc(-c2ccccc2)c(C#N)c1=O. The average Bonchev–Trinajstić information content (AvgIpc) is 2.59. The van der Waals surface area contributed by atoms with Gasteiger partial charge in [0.15, 0.2) is 0 Å². The Kier molecular flexibility index (Phi) is 3.78. The summed E-state index contributed by atoms with van der Waals surface area (Å²) < 4.78 is 14.5. The van der Waals surface area contributed by atoms with Gasteiger partial charge in [0.2, 0.25) is 0 Å². The zero-order valence-corrected chi connectivity index (χ0v) is 12.5. The maximum absolute atomic E-state index is 13.1. The van der Waals surface area contributed by atoms with Gasteiger partial charge in [-0.2, -0.15) is 5.26 Å². The molecule has 0 spiro atoms. The van der Waals surface area contributed by atoms with Crippen molar-refractivity contribution >= 4 is 0 Å². The zero-order chi connectivity index (χ0) is 16.4. The van der Waals surface area contributed by atoms with Gasteiger partial charge in [-0.1, -0.05) is 30.3 Å². The Morgan fingerprint density at radius 2 is 1.65 bits per heavy atom. The van der Waals surface area contributed by atoms with E-state index in [9.17, 15) is 14.4 Å². The molecule has 0 radical (unpaired) electrons. The first kappa shape index (κ1) is 14.7. The summed E-state index contributed by atoms with van der Waals surface area (Å²) in [4.78, 5) is 12.5. The van der Waals surface area contributed by atoms with E-state index in [1.54, 1.807) is 25.2 Å². The van der Waals surface area contributed by atoms with Crippen molar-refractivity contribution in [2.45, 2.75) is 0 Å². The molecule has 4 heteroatoms. The summed E-state index contributed by atoms with van der Waals surface area (Å²) in [6.07, 6.45) is 0. The maximum Gasteiger partial charge on any atom is 0.269 e. The lowest BCUT2D eigenvalue weighted by atomic mass is 9.99. The van der Waals surface area contributed by atoms with Gasteiger partial charge in [0.25, 0.3) is 5.56 Å². The van der Waals surface area contributed by atoms with Crippen LogP contribution in [0.1, 0.15) is 5.56 Å². The predicted octanol–water partition coefficient (Wildman–Crippen LogP) is 3.73. The molecule has 0 N–H and O–H groups in total. The molecule has 0 saturated carbocycles. The normalized spacial score (nSPS) is 10.3. The van der Waals surface area contributed by atoms with E-state index >= 15 is 0 Å². The van der Waals surface area contributed by atoms with E-state index in [-0.39, 0.29) is 16.9 Å². The molecule has 0 amide bonds. The van der Waals surface area contributed by atoms with Gasteiger partial charge in [-0.15, -0.1) is 0 Å². The summed E-state index contributed by atoms with van der Waals surface area (Å²) in [7, 11) is 1.61. The topological polar surface area (TPSA) is 45.8 Å². The quantitative estimate of drug-likeness (QED) is 0.724. The molecular weight excluding hydrogens is 291 g/mol. The van der Waals surface area contributed by atoms with Crippen LogP contribution in [-0.2, 0) is 7.05 Å². The molecular formula is C19H13FN2O. The number of halogens is 1. The van der Waals surface area contributed by atoms with Gasteiger partial charge in [0, 0.05) is 12.6 Å². The first-order chi connectivity index (χ1) is 11.1. The second-order valence-corrected chi connectivity index (χ2v) is 5.17. The van der Waals surface area contributed by atoms with Crippen LogP contribution in [0.3, 0.4) is 0 Å². The van der Waals surface area contributed by atoms with Crippen molar-refractivity contribution in [3.63, 3.8) is 0 Å². The number of rotatable bonds is 2. The first-order valence-electron chi connectivity index (χ1n) is 7.07. The Morgan fingerprint density at radius 3 is 2.26 bits per heavy atom. The molecule has 3 nitrogen and oxygen atoms in total. The molecule has 3 aromatic rings. The van der Waals surface area contributed by atoms with Crippen molar-refractivity contribution in [2.24, 2.45) is 7.05 Å². The summed E-state index contributed by atoms with van der Waals surface area (Å²) in [5.74, 6) is -0.337. The summed E-state index contributed by atoms with van der Waals surface area (Å²) >= 11 is 0. The molecule has 0 unspecified atom stereocenters. The third-order valence-electron chi connectivity index (χ3n) is 3.77. The van der Waals surface area contributed by atoms with Crippen LogP contribution in [0.15, 0.2) is 65.5 Å². The average molecular weight is 304 g/mol. The van der Waals surface area contributed by atoms with Gasteiger partial charge in [0.05, 0.1) is 5.69 Å². The van der Waals surface area contributed by atoms with Crippen LogP contribution in [0.4, 0.5) is 4.39 Å². The lowest BCUT2D eigenvalue weighted by Gasteiger charge is -2.13. The highest BCUT2D eigenvalue weighted by Crippen LogP contribution is 2.27. The van der Waals surface area contributed by atoms with Crippen molar-refractivity contribution in [2.75, 3.05) is 0 Å². The van der Waals surface area contributed by atoms with Gasteiger partial charge in [-0.25, -0.2) is 4.39 Å². The van der Waals surface area contributed by atoms with Crippen LogP contribution in [0.2, 0.25) is 0 Å². The number of nitriles is 1. The summed E-state index contributed by atoms with van der Waals surface area (Å²) in [5, 5.41) is 9.37. The lowest BCUT2D eigenvalue weighted by Crippen LogP contribution is -2.22. The Morgan fingerprint density at radius 1 is 1.00 bits per heavy atom. The Balaban J connectivity index is 2.31. The van der Waals surface area contributed by atoms with Crippen molar-refractivity contribution in [1.29, 1.82) is 5.26 Å². The fourth-order valence-corrected chi connectivity index (χ4v) is 2.55. The third kappa shape index (κ3) is 2.65. The van der Waals surface area contributed by atoms with E-state index in [0.29, 0.717) is 16.8 Å². The second-order valence-electron chi connectivity index (χ2n) is 5.17. The molecule has 0 aliphatic heterocycles. The third-order valence-corrected chi connectivity index (χ3v) is 3.77. The van der Waals surface area contributed by atoms with Crippen LogP contribution in [0.25, 0.3) is 22.4 Å². The number of hydrogen-bond acceptors (Lipinski definition) is 2. The van der Waals surface area contributed by atoms with E-state index < -0.39 is 0 Å². The largest absolute Gasteiger partial charge is 0.310 e. The monoisotopic (exact) mass is 304 g/mol. The number of aromatic nitrogens is 1. The van der Waals surface area contributed by atoms with Crippen LogP contribution in [0.5, 0.6) is 0 Å². The molecule has 0 atom stereocenters. The molecule has 0 aliphatic rings. The minimum absolute atomic E-state index is 0.101. The molecule has 2 aromatic carbocycles. The minimum Gasteiger partial charge on any atom is -0.310 e. The highest BCUT2D eigenvalue weighted by atomic mass is 19.1. The van der Waals surface area contributed by atoms with Crippen LogP contribution in [-0.4, -0.2) is 4.57 Å². The highest BCUT2D eigenvalue weighted by Gasteiger charge is 2.15. The standard InChI is InChI=1S/C19H13FN2O/c1-22-18(14-7-9-15(20)10-8-14)11-16(17(12-21)19(22)23)13-5-3-2-4-6-13/h2-11H,1H3. The fourth-order valence-electron chi connectivity index (χ4n) is 2.55. The lowest BCUT2D eigenvalue weighted by molar-refractivity contribution is 0.628. The molecule has 112 valence electrons. The Bertz CT molecular complexity index is 952. The van der Waals surface area contributed by atoms with E-state index in [4.69, 9.17) is 0 Å². The highest BCUT2D eigenvalue weighted by molar-refractivity contribution is 5.75. The molecule has 1 heterocycles. The van der Waals surface area contributed by atoms with Gasteiger partial charge in [-0.3, -0.25) is 4.79 Å². The number of hydrogen-bond donors (Lipinski definition) is 0. The zero-order valence-electron chi connectivity index (χ0n) is 12.5. The molecule has 23 heavy (non-hydrogen) atoms. The van der Waals surface area contributed by atoms with E-state index in [2.05, 4.69) is 0 Å². The van der Waals surface area contributed by atoms with Crippen LogP contribution >= 0.6 is 0 Å². The summed E-state index contributed by atoms with van der Waals surface area (Å²) in [6, 6.07) is 19.0. The fraction of sp³-hybridized carbons (Fsp3) is 0.0526. The van der Waals surface area contributed by atoms with Gasteiger partial charge in [0.1, 0.15) is 17.4 Å². The predicted molar refractivity (Wildman–Crippen MR) is 87.2 cm³/mol. The Labute approximate surface area is 132 Å². The van der Waals surface area contributed by atoms with E-state index in [0.717, 1.165) is 5.56 Å². The second kappa shape index (κ2) is 5.90. The maximum atomic E-state index is 13.1. The molecule has 0 saturated heterocycles. The number of nitrogens with zero attached hydrogens (tertiary/aromatic N) is 2. The van der Waals surface area contributed by atoms with E-state index in [1.807, 2.05) is 36.4 Å². The smallest absolute Gasteiger partial charge is 0.269 e. The molecule has 3 rings (SSSR count). The van der Waals surface area contributed by atoms with Crippen LogP contribution in [0, 0.1) is 17.1 Å². The van der Waals surface area contributed by atoms with Crippen molar-refractivity contribution < 1.29 is 4.39 Å². The first-order valence-corrected chi connectivity index (χ1v) is 7.07. The summed E-state index contributed by atoms with van der Waals surface area (Å²) in [5.41, 5.74) is 2.46.